The van der Waals surface area contributed by atoms with Gasteiger partial charge in [0, 0.05) is 38.3 Å². The van der Waals surface area contributed by atoms with E-state index in [4.69, 9.17) is 0 Å². The molecule has 4 heterocycles. The van der Waals surface area contributed by atoms with E-state index in [-0.39, 0.29) is 5.92 Å². The van der Waals surface area contributed by atoms with Crippen molar-refractivity contribution in [3.05, 3.63) is 35.6 Å². The summed E-state index contributed by atoms with van der Waals surface area (Å²) in [6.07, 6.45) is 3.40. The van der Waals surface area contributed by atoms with Gasteiger partial charge in [-0.1, -0.05) is 17.4 Å². The lowest BCUT2D eigenvalue weighted by Gasteiger charge is -2.29. The summed E-state index contributed by atoms with van der Waals surface area (Å²) in [5.41, 5.74) is 2.04. The van der Waals surface area contributed by atoms with Gasteiger partial charge in [-0.2, -0.15) is 0 Å². The van der Waals surface area contributed by atoms with Crippen molar-refractivity contribution in [3.63, 3.8) is 0 Å². The first-order valence-electron chi connectivity index (χ1n) is 8.54. The fourth-order valence-corrected chi connectivity index (χ4v) is 4.75. The predicted octanol–water partition coefficient (Wildman–Crippen LogP) is 1.74. The minimum absolute atomic E-state index is 0.0834. The molecule has 0 bridgehead atoms. The SMILES string of the molecule is O=C(O)[C@]12CCCN(Cc3ccccn3)C[C@H]1CN(c1nncs1)C2. The normalized spacial score (nSPS) is 27.0. The molecule has 0 aromatic carbocycles. The van der Waals surface area contributed by atoms with Crippen molar-refractivity contribution in [3.8, 4) is 0 Å². The van der Waals surface area contributed by atoms with Gasteiger partial charge in [-0.25, -0.2) is 0 Å². The van der Waals surface area contributed by atoms with Crippen LogP contribution in [0.25, 0.3) is 0 Å². The monoisotopic (exact) mass is 359 g/mol. The lowest BCUT2D eigenvalue weighted by Crippen LogP contribution is -2.41. The molecule has 0 radical (unpaired) electrons. The maximum atomic E-state index is 12.2. The molecule has 8 heteroatoms. The van der Waals surface area contributed by atoms with Gasteiger partial charge in [-0.15, -0.1) is 10.2 Å². The molecule has 2 aromatic heterocycles. The van der Waals surface area contributed by atoms with Crippen molar-refractivity contribution >= 4 is 22.4 Å². The maximum Gasteiger partial charge on any atom is 0.311 e. The van der Waals surface area contributed by atoms with Gasteiger partial charge in [-0.05, 0) is 31.5 Å². The van der Waals surface area contributed by atoms with E-state index >= 15 is 0 Å². The predicted molar refractivity (Wildman–Crippen MR) is 94.4 cm³/mol. The zero-order valence-electron chi connectivity index (χ0n) is 13.9. The fourth-order valence-electron chi connectivity index (χ4n) is 4.18. The van der Waals surface area contributed by atoms with Crippen LogP contribution in [0, 0.1) is 11.3 Å². The van der Waals surface area contributed by atoms with Gasteiger partial charge < -0.3 is 10.0 Å². The highest BCUT2D eigenvalue weighted by atomic mass is 32.1. The van der Waals surface area contributed by atoms with E-state index in [1.54, 1.807) is 5.51 Å². The standard InChI is InChI=1S/C17H21N5O2S/c23-15(24)17-5-3-7-21(10-14-4-1-2-6-18-14)8-13(17)9-22(11-17)16-20-19-12-25-16/h1-2,4,6,12-13H,3,5,7-11H2,(H,23,24)/t13-,17-/m0/s1. The fraction of sp³-hybridized carbons (Fsp3) is 0.529. The molecule has 0 unspecified atom stereocenters. The molecule has 2 aromatic rings. The van der Waals surface area contributed by atoms with E-state index in [1.165, 1.54) is 11.3 Å². The number of hydrogen-bond donors (Lipinski definition) is 1. The van der Waals surface area contributed by atoms with E-state index in [0.29, 0.717) is 13.0 Å². The van der Waals surface area contributed by atoms with E-state index in [9.17, 15) is 9.90 Å². The van der Waals surface area contributed by atoms with E-state index < -0.39 is 11.4 Å². The minimum atomic E-state index is -0.690. The zero-order chi connectivity index (χ0) is 17.3. The molecule has 2 aliphatic heterocycles. The van der Waals surface area contributed by atoms with Gasteiger partial charge >= 0.3 is 5.97 Å². The average Bonchev–Trinajstić information content (AvgIpc) is 3.22. The van der Waals surface area contributed by atoms with Crippen LogP contribution in [0.4, 0.5) is 5.13 Å². The second-order valence-corrected chi connectivity index (χ2v) is 7.73. The van der Waals surface area contributed by atoms with Crippen molar-refractivity contribution in [2.45, 2.75) is 19.4 Å². The van der Waals surface area contributed by atoms with Crippen molar-refractivity contribution in [1.82, 2.24) is 20.1 Å². The molecular formula is C17H21N5O2S. The third kappa shape index (κ3) is 3.11. The van der Waals surface area contributed by atoms with Gasteiger partial charge in [0.05, 0.1) is 11.1 Å². The number of likely N-dealkylation sites (tertiary alicyclic amines) is 1. The Morgan fingerprint density at radius 3 is 3.04 bits per heavy atom. The number of rotatable bonds is 4. The van der Waals surface area contributed by atoms with Crippen LogP contribution in [0.15, 0.2) is 29.9 Å². The summed E-state index contributed by atoms with van der Waals surface area (Å²) in [6.45, 7) is 3.71. The number of aliphatic carboxylic acids is 1. The highest BCUT2D eigenvalue weighted by Crippen LogP contribution is 2.44. The number of carboxylic acid groups (broad SMARTS) is 1. The summed E-state index contributed by atoms with van der Waals surface area (Å²) in [6, 6.07) is 5.93. The van der Waals surface area contributed by atoms with E-state index in [1.807, 2.05) is 24.4 Å². The van der Waals surface area contributed by atoms with Crippen LogP contribution in [-0.2, 0) is 11.3 Å². The Balaban J connectivity index is 1.55. The van der Waals surface area contributed by atoms with Gasteiger partial charge in [0.2, 0.25) is 5.13 Å². The molecule has 4 rings (SSSR count). The summed E-state index contributed by atoms with van der Waals surface area (Å²) in [5, 5.41) is 18.9. The number of carbonyl (C=O) groups is 1. The molecule has 132 valence electrons. The number of carboxylic acids is 1. The van der Waals surface area contributed by atoms with E-state index in [2.05, 4.69) is 25.0 Å². The smallest absolute Gasteiger partial charge is 0.311 e. The maximum absolute atomic E-state index is 12.2. The van der Waals surface area contributed by atoms with Crippen molar-refractivity contribution in [2.24, 2.45) is 11.3 Å². The van der Waals surface area contributed by atoms with Crippen LogP contribution in [0.1, 0.15) is 18.5 Å². The Kier molecular flexibility index (Phi) is 4.39. The molecular weight excluding hydrogens is 338 g/mol. The van der Waals surface area contributed by atoms with Crippen LogP contribution >= 0.6 is 11.3 Å². The summed E-state index contributed by atoms with van der Waals surface area (Å²) in [4.78, 5) is 21.1. The minimum Gasteiger partial charge on any atom is -0.481 e. The molecule has 2 atom stereocenters. The summed E-state index contributed by atoms with van der Waals surface area (Å²) >= 11 is 1.47. The molecule has 2 fully saturated rings. The first kappa shape index (κ1) is 16.4. The molecule has 0 aliphatic carbocycles. The first-order chi connectivity index (χ1) is 12.2. The Morgan fingerprint density at radius 1 is 1.40 bits per heavy atom. The number of fused-ring (bicyclic) bond motifs is 1. The Morgan fingerprint density at radius 2 is 2.32 bits per heavy atom. The Bertz CT molecular complexity index is 726. The molecule has 7 nitrogen and oxygen atoms in total. The van der Waals surface area contributed by atoms with Crippen molar-refractivity contribution in [2.75, 3.05) is 31.1 Å². The number of hydrogen-bond acceptors (Lipinski definition) is 7. The van der Waals surface area contributed by atoms with Crippen LogP contribution < -0.4 is 4.90 Å². The molecule has 25 heavy (non-hydrogen) atoms. The van der Waals surface area contributed by atoms with E-state index in [0.717, 1.165) is 43.4 Å². The third-order valence-electron chi connectivity index (χ3n) is 5.43. The molecule has 2 saturated heterocycles. The first-order valence-corrected chi connectivity index (χ1v) is 9.42. The number of aromatic nitrogens is 3. The number of pyridine rings is 1. The number of anilines is 1. The van der Waals surface area contributed by atoms with Gasteiger partial charge in [0.1, 0.15) is 5.51 Å². The highest BCUT2D eigenvalue weighted by Gasteiger charge is 2.53. The Labute approximate surface area is 150 Å². The van der Waals surface area contributed by atoms with Crippen molar-refractivity contribution in [1.29, 1.82) is 0 Å². The average molecular weight is 359 g/mol. The molecule has 0 amide bonds. The topological polar surface area (TPSA) is 82.5 Å². The van der Waals surface area contributed by atoms with Crippen LogP contribution in [-0.4, -0.2) is 57.3 Å². The lowest BCUT2D eigenvalue weighted by molar-refractivity contribution is -0.150. The molecule has 0 spiro atoms. The second kappa shape index (κ2) is 6.68. The van der Waals surface area contributed by atoms with Crippen LogP contribution in [0.5, 0.6) is 0 Å². The highest BCUT2D eigenvalue weighted by molar-refractivity contribution is 7.13. The molecule has 0 saturated carbocycles. The Hall–Kier alpha value is -2.06. The van der Waals surface area contributed by atoms with Gasteiger partial charge in [-0.3, -0.25) is 14.7 Å². The summed E-state index contributed by atoms with van der Waals surface area (Å²) in [7, 11) is 0. The van der Waals surface area contributed by atoms with Gasteiger partial charge in [0.15, 0.2) is 0 Å². The summed E-state index contributed by atoms with van der Waals surface area (Å²) < 4.78 is 0. The quantitative estimate of drug-likeness (QED) is 0.890. The largest absolute Gasteiger partial charge is 0.481 e. The van der Waals surface area contributed by atoms with Crippen LogP contribution in [0.2, 0.25) is 0 Å². The zero-order valence-corrected chi connectivity index (χ0v) is 14.7. The van der Waals surface area contributed by atoms with Crippen molar-refractivity contribution < 1.29 is 9.90 Å². The lowest BCUT2D eigenvalue weighted by atomic mass is 9.75. The number of nitrogens with zero attached hydrogens (tertiary/aromatic N) is 5. The van der Waals surface area contributed by atoms with Gasteiger partial charge in [0.25, 0.3) is 0 Å². The third-order valence-corrected chi connectivity index (χ3v) is 6.18. The van der Waals surface area contributed by atoms with Crippen LogP contribution in [0.3, 0.4) is 0 Å². The molecule has 1 N–H and O–H groups in total. The molecule has 2 aliphatic rings. The summed E-state index contributed by atoms with van der Waals surface area (Å²) in [5.74, 6) is -0.593. The second-order valence-electron chi connectivity index (χ2n) is 6.92.